The van der Waals surface area contributed by atoms with Gasteiger partial charge in [-0.25, -0.2) is 0 Å². The van der Waals surface area contributed by atoms with Crippen LogP contribution in [0, 0.1) is 13.8 Å². The first-order valence-electron chi connectivity index (χ1n) is 7.76. The van der Waals surface area contributed by atoms with Gasteiger partial charge in [-0.15, -0.1) is 0 Å². The Morgan fingerprint density at radius 1 is 1.33 bits per heavy atom. The zero-order valence-electron chi connectivity index (χ0n) is 13.1. The highest BCUT2D eigenvalue weighted by Gasteiger charge is 2.33. The van der Waals surface area contributed by atoms with Gasteiger partial charge >= 0.3 is 0 Å². The molecule has 0 bridgehead atoms. The minimum absolute atomic E-state index is 0.0349. The van der Waals surface area contributed by atoms with Crippen LogP contribution in [0.3, 0.4) is 0 Å². The zero-order chi connectivity index (χ0) is 15.3. The Balaban J connectivity index is 1.80. The smallest absolute Gasteiger partial charge is 0.223 e. The van der Waals surface area contributed by atoms with Gasteiger partial charge in [0.15, 0.2) is 0 Å². The first-order valence-corrected chi connectivity index (χ1v) is 7.76. The summed E-state index contributed by atoms with van der Waals surface area (Å²) in [5, 5.41) is 3.11. The van der Waals surface area contributed by atoms with E-state index in [1.807, 2.05) is 19.1 Å². The van der Waals surface area contributed by atoms with E-state index in [0.29, 0.717) is 19.6 Å². The second kappa shape index (κ2) is 6.94. The average Bonchev–Trinajstić information content (AvgIpc) is 2.92. The third-order valence-electron chi connectivity index (χ3n) is 4.50. The molecule has 116 valence electrons. The molecule has 1 saturated carbocycles. The van der Waals surface area contributed by atoms with Crippen LogP contribution in [-0.4, -0.2) is 24.6 Å². The summed E-state index contributed by atoms with van der Waals surface area (Å²) in [5.41, 5.74) is 7.99. The Kier molecular flexibility index (Phi) is 5.23. The van der Waals surface area contributed by atoms with Crippen LogP contribution in [0.4, 0.5) is 0 Å². The lowest BCUT2D eigenvalue weighted by atomic mass is 9.98. The normalized spacial score (nSPS) is 16.7. The first-order chi connectivity index (χ1) is 10.1. The summed E-state index contributed by atoms with van der Waals surface area (Å²) >= 11 is 0. The van der Waals surface area contributed by atoms with Crippen molar-refractivity contribution in [1.82, 2.24) is 5.32 Å². The van der Waals surface area contributed by atoms with E-state index in [0.717, 1.165) is 37.0 Å². The van der Waals surface area contributed by atoms with Crippen molar-refractivity contribution in [3.63, 3.8) is 0 Å². The summed E-state index contributed by atoms with van der Waals surface area (Å²) < 4.78 is 5.73. The number of nitrogens with one attached hydrogen (secondary N) is 1. The van der Waals surface area contributed by atoms with Gasteiger partial charge in [0.1, 0.15) is 5.75 Å². The van der Waals surface area contributed by atoms with Crippen molar-refractivity contribution in [3.8, 4) is 5.75 Å². The number of aryl methyl sites for hydroxylation is 1. The van der Waals surface area contributed by atoms with Crippen LogP contribution >= 0.6 is 0 Å². The molecular weight excluding hydrogens is 264 g/mol. The van der Waals surface area contributed by atoms with E-state index in [4.69, 9.17) is 10.5 Å². The first kappa shape index (κ1) is 15.8. The number of ether oxygens (including phenoxy) is 1. The lowest BCUT2D eigenvalue weighted by molar-refractivity contribution is -0.123. The molecule has 1 fully saturated rings. The topological polar surface area (TPSA) is 64.3 Å². The van der Waals surface area contributed by atoms with Crippen molar-refractivity contribution in [2.45, 2.75) is 51.5 Å². The van der Waals surface area contributed by atoms with Gasteiger partial charge < -0.3 is 15.8 Å². The molecular formula is C17H26N2O2. The monoisotopic (exact) mass is 290 g/mol. The molecule has 0 atom stereocenters. The summed E-state index contributed by atoms with van der Waals surface area (Å²) in [6, 6.07) is 5.97. The Morgan fingerprint density at radius 3 is 2.71 bits per heavy atom. The predicted octanol–water partition coefficient (Wildman–Crippen LogP) is 2.46. The molecule has 0 heterocycles. The number of amides is 1. The van der Waals surface area contributed by atoms with Gasteiger partial charge in [-0.05, 0) is 43.9 Å². The quantitative estimate of drug-likeness (QED) is 0.846. The molecule has 0 spiro atoms. The molecule has 0 aromatic heterocycles. The Hall–Kier alpha value is -1.55. The maximum Gasteiger partial charge on any atom is 0.223 e. The van der Waals surface area contributed by atoms with Crippen molar-refractivity contribution in [1.29, 1.82) is 0 Å². The molecule has 21 heavy (non-hydrogen) atoms. The molecule has 1 aliphatic carbocycles. The van der Waals surface area contributed by atoms with Gasteiger partial charge in [0.2, 0.25) is 5.91 Å². The summed E-state index contributed by atoms with van der Waals surface area (Å²) in [5.74, 6) is 0.893. The summed E-state index contributed by atoms with van der Waals surface area (Å²) in [4.78, 5) is 12.1. The number of hydrogen-bond donors (Lipinski definition) is 2. The van der Waals surface area contributed by atoms with Crippen LogP contribution in [0.15, 0.2) is 18.2 Å². The van der Waals surface area contributed by atoms with Crippen molar-refractivity contribution >= 4 is 5.91 Å². The number of benzene rings is 1. The molecule has 1 aromatic rings. The van der Waals surface area contributed by atoms with E-state index in [2.05, 4.69) is 18.3 Å². The fraction of sp³-hybridized carbons (Fsp3) is 0.588. The molecule has 0 saturated heterocycles. The van der Waals surface area contributed by atoms with Crippen molar-refractivity contribution < 1.29 is 9.53 Å². The molecule has 3 N–H and O–H groups in total. The van der Waals surface area contributed by atoms with Crippen LogP contribution < -0.4 is 15.8 Å². The van der Waals surface area contributed by atoms with Gasteiger partial charge in [0.25, 0.3) is 0 Å². The van der Waals surface area contributed by atoms with E-state index < -0.39 is 0 Å². The number of nitrogens with two attached hydrogens (primary N) is 1. The maximum absolute atomic E-state index is 12.1. The molecule has 0 unspecified atom stereocenters. The van der Waals surface area contributed by atoms with Gasteiger partial charge in [0, 0.05) is 6.54 Å². The van der Waals surface area contributed by atoms with E-state index in [-0.39, 0.29) is 11.4 Å². The Bertz CT molecular complexity index is 494. The zero-order valence-corrected chi connectivity index (χ0v) is 13.1. The van der Waals surface area contributed by atoms with Gasteiger partial charge in [-0.3, -0.25) is 4.79 Å². The Labute approximate surface area is 127 Å². The maximum atomic E-state index is 12.1. The third kappa shape index (κ3) is 3.97. The number of carbonyl (C=O) groups is 1. The minimum Gasteiger partial charge on any atom is -0.493 e. The fourth-order valence-electron chi connectivity index (χ4n) is 2.92. The molecule has 0 radical (unpaired) electrons. The standard InChI is InChI=1S/C17H26N2O2/c1-13-6-5-7-15(14(13)2)21-11-8-16(20)19-17(12-18)9-3-4-10-17/h5-7H,3-4,8-12,18H2,1-2H3,(H,19,20). The van der Waals surface area contributed by atoms with E-state index in [1.165, 1.54) is 5.56 Å². The highest BCUT2D eigenvalue weighted by Crippen LogP contribution is 2.28. The molecule has 1 aromatic carbocycles. The largest absolute Gasteiger partial charge is 0.493 e. The third-order valence-corrected chi connectivity index (χ3v) is 4.50. The minimum atomic E-state index is -0.170. The summed E-state index contributed by atoms with van der Waals surface area (Å²) in [6.07, 6.45) is 4.65. The molecule has 4 nitrogen and oxygen atoms in total. The SMILES string of the molecule is Cc1cccc(OCCC(=O)NC2(CN)CCCC2)c1C. The van der Waals surface area contributed by atoms with Crippen LogP contribution in [-0.2, 0) is 4.79 Å². The number of carbonyl (C=O) groups excluding carboxylic acids is 1. The van der Waals surface area contributed by atoms with Crippen molar-refractivity contribution in [2.75, 3.05) is 13.2 Å². The predicted molar refractivity (Wildman–Crippen MR) is 84.4 cm³/mol. The molecule has 1 aliphatic rings. The van der Waals surface area contributed by atoms with Crippen molar-refractivity contribution in [3.05, 3.63) is 29.3 Å². The second-order valence-corrected chi connectivity index (χ2v) is 6.04. The summed E-state index contributed by atoms with van der Waals surface area (Å²) in [7, 11) is 0. The van der Waals surface area contributed by atoms with Crippen molar-refractivity contribution in [2.24, 2.45) is 5.73 Å². The van der Waals surface area contributed by atoms with E-state index in [9.17, 15) is 4.79 Å². The lowest BCUT2D eigenvalue weighted by Gasteiger charge is -2.28. The highest BCUT2D eigenvalue weighted by molar-refractivity contribution is 5.77. The van der Waals surface area contributed by atoms with Crippen LogP contribution in [0.5, 0.6) is 5.75 Å². The second-order valence-electron chi connectivity index (χ2n) is 6.04. The lowest BCUT2D eigenvalue weighted by Crippen LogP contribution is -2.51. The fourth-order valence-corrected chi connectivity index (χ4v) is 2.92. The molecule has 0 aliphatic heterocycles. The van der Waals surface area contributed by atoms with Crippen LogP contribution in [0.2, 0.25) is 0 Å². The number of rotatable bonds is 6. The van der Waals surface area contributed by atoms with Gasteiger partial charge in [-0.1, -0.05) is 25.0 Å². The van der Waals surface area contributed by atoms with E-state index >= 15 is 0 Å². The van der Waals surface area contributed by atoms with Gasteiger partial charge in [0.05, 0.1) is 18.6 Å². The summed E-state index contributed by atoms with van der Waals surface area (Å²) in [6.45, 7) is 5.01. The molecule has 4 heteroatoms. The van der Waals surface area contributed by atoms with Gasteiger partial charge in [-0.2, -0.15) is 0 Å². The van der Waals surface area contributed by atoms with E-state index in [1.54, 1.807) is 0 Å². The molecule has 2 rings (SSSR count). The van der Waals surface area contributed by atoms with Crippen LogP contribution in [0.1, 0.15) is 43.2 Å². The van der Waals surface area contributed by atoms with Crippen LogP contribution in [0.25, 0.3) is 0 Å². The average molecular weight is 290 g/mol. The molecule has 1 amide bonds. The Morgan fingerprint density at radius 2 is 2.05 bits per heavy atom. The number of hydrogen-bond acceptors (Lipinski definition) is 3. The highest BCUT2D eigenvalue weighted by atomic mass is 16.5.